The molecule has 1 unspecified atom stereocenters. The minimum absolute atomic E-state index is 0.0420. The van der Waals surface area contributed by atoms with E-state index in [1.165, 1.54) is 17.2 Å². The fourth-order valence-electron chi connectivity index (χ4n) is 6.27. The summed E-state index contributed by atoms with van der Waals surface area (Å²) in [4.78, 5) is 27.0. The predicted molar refractivity (Wildman–Crippen MR) is 160 cm³/mol. The summed E-state index contributed by atoms with van der Waals surface area (Å²) in [6.45, 7) is 3.63. The molecule has 1 saturated heterocycles. The lowest BCUT2D eigenvalue weighted by atomic mass is 9.68. The lowest BCUT2D eigenvalue weighted by Gasteiger charge is -2.44. The van der Waals surface area contributed by atoms with Crippen LogP contribution in [0.5, 0.6) is 0 Å². The number of piperidine rings is 1. The average molecular weight is 646 g/mol. The molecule has 14 heteroatoms. The first-order valence-corrected chi connectivity index (χ1v) is 15.0. The number of amides is 2. The molecule has 0 saturated carbocycles. The molecule has 6 nitrogen and oxygen atoms in total. The SMILES string of the molecule is [B]C(=O)Nc1cc(C(CCN2CC[C@@]3(C=Cc4ccccc43)[C@@H](C)C2)C(=O)NCc2cc(C(F)(F)F)cc(C(F)(F)F)c2)ns1. The van der Waals surface area contributed by atoms with Crippen molar-refractivity contribution < 1.29 is 35.9 Å². The van der Waals surface area contributed by atoms with Crippen molar-refractivity contribution in [3.8, 4) is 0 Å². The number of nitrogens with zero attached hydrogens (tertiary/aromatic N) is 2. The van der Waals surface area contributed by atoms with Gasteiger partial charge in [0.1, 0.15) is 5.00 Å². The summed E-state index contributed by atoms with van der Waals surface area (Å²) in [5.74, 6) is -2.07. The topological polar surface area (TPSA) is 74.3 Å². The van der Waals surface area contributed by atoms with Gasteiger partial charge in [0.05, 0.1) is 22.7 Å². The highest BCUT2D eigenvalue weighted by Crippen LogP contribution is 2.47. The predicted octanol–water partition coefficient (Wildman–Crippen LogP) is 6.98. The number of nitrogens with one attached hydrogen (secondary N) is 2. The summed E-state index contributed by atoms with van der Waals surface area (Å²) in [5, 5.41) is 5.20. The van der Waals surface area contributed by atoms with Gasteiger partial charge in [-0.25, -0.2) is 0 Å². The molecule has 3 aromatic rings. The van der Waals surface area contributed by atoms with Crippen LogP contribution in [0.1, 0.15) is 59.2 Å². The second kappa shape index (κ2) is 12.6. The molecule has 2 aliphatic rings. The lowest BCUT2D eigenvalue weighted by Crippen LogP contribution is -2.48. The number of hydrogen-bond donors (Lipinski definition) is 2. The molecule has 1 spiro atoms. The van der Waals surface area contributed by atoms with E-state index in [2.05, 4.69) is 51.1 Å². The van der Waals surface area contributed by atoms with Crippen LogP contribution in [0.15, 0.2) is 54.6 Å². The van der Waals surface area contributed by atoms with Crippen LogP contribution in [0.3, 0.4) is 0 Å². The number of anilines is 1. The Hall–Kier alpha value is -3.65. The Bertz CT molecular complexity index is 1570. The van der Waals surface area contributed by atoms with E-state index in [9.17, 15) is 35.9 Å². The van der Waals surface area contributed by atoms with E-state index in [0.717, 1.165) is 31.0 Å². The zero-order chi connectivity index (χ0) is 32.6. The van der Waals surface area contributed by atoms with E-state index >= 15 is 0 Å². The molecule has 2 radical (unpaired) electrons. The van der Waals surface area contributed by atoms with E-state index in [1.54, 1.807) is 0 Å². The number of hydrogen-bond acceptors (Lipinski definition) is 5. The molecule has 2 N–H and O–H groups in total. The fraction of sp³-hybridized carbons (Fsp3) is 0.387. The largest absolute Gasteiger partial charge is 0.416 e. The maximum absolute atomic E-state index is 13.5. The van der Waals surface area contributed by atoms with Gasteiger partial charge in [-0.3, -0.25) is 9.59 Å². The number of benzene rings is 2. The third-order valence-corrected chi connectivity index (χ3v) is 9.29. The maximum Gasteiger partial charge on any atom is 0.416 e. The molecule has 2 amide bonds. The first-order valence-electron chi connectivity index (χ1n) is 14.3. The minimum Gasteiger partial charge on any atom is -0.351 e. The fourth-order valence-corrected chi connectivity index (χ4v) is 6.97. The van der Waals surface area contributed by atoms with Crippen LogP contribution in [-0.2, 0) is 29.1 Å². The van der Waals surface area contributed by atoms with Gasteiger partial charge in [0.25, 0.3) is 0 Å². The zero-order valence-electron chi connectivity index (χ0n) is 24.1. The van der Waals surface area contributed by atoms with E-state index in [4.69, 9.17) is 7.85 Å². The molecule has 3 atom stereocenters. The van der Waals surface area contributed by atoms with Crippen molar-refractivity contribution in [3.05, 3.63) is 88.1 Å². The summed E-state index contributed by atoms with van der Waals surface area (Å²) in [6.07, 6.45) is -4.44. The quantitative estimate of drug-likeness (QED) is 0.205. The van der Waals surface area contributed by atoms with E-state index < -0.39 is 47.7 Å². The first kappa shape index (κ1) is 32.7. The van der Waals surface area contributed by atoms with E-state index in [-0.39, 0.29) is 29.4 Å². The summed E-state index contributed by atoms with van der Waals surface area (Å²) in [5.41, 5.74) is -0.535. The van der Waals surface area contributed by atoms with Gasteiger partial charge in [-0.15, -0.1) is 0 Å². The number of allylic oxidation sites excluding steroid dienone is 1. The van der Waals surface area contributed by atoms with Gasteiger partial charge >= 0.3 is 12.4 Å². The normalized spacial score (nSPS) is 20.6. The zero-order valence-corrected chi connectivity index (χ0v) is 25.0. The smallest absolute Gasteiger partial charge is 0.351 e. The van der Waals surface area contributed by atoms with Crippen molar-refractivity contribution in [2.24, 2.45) is 5.92 Å². The number of rotatable bonds is 8. The first-order chi connectivity index (χ1) is 21.2. The lowest BCUT2D eigenvalue weighted by molar-refractivity contribution is -0.143. The van der Waals surface area contributed by atoms with Gasteiger partial charge in [0.15, 0.2) is 5.81 Å². The molecule has 1 aromatic heterocycles. The highest BCUT2D eigenvalue weighted by molar-refractivity contribution is 7.10. The average Bonchev–Trinajstić information content (AvgIpc) is 3.58. The number of aromatic nitrogens is 1. The van der Waals surface area contributed by atoms with Crippen molar-refractivity contribution >= 4 is 42.2 Å². The summed E-state index contributed by atoms with van der Waals surface area (Å²) < 4.78 is 84.3. The molecule has 1 fully saturated rings. The van der Waals surface area contributed by atoms with Crippen LogP contribution in [0, 0.1) is 5.92 Å². The van der Waals surface area contributed by atoms with Crippen molar-refractivity contribution in [1.29, 1.82) is 0 Å². The van der Waals surface area contributed by atoms with Crippen molar-refractivity contribution in [2.75, 3.05) is 25.0 Å². The Morgan fingerprint density at radius 2 is 1.78 bits per heavy atom. The molecule has 1 aliphatic carbocycles. The van der Waals surface area contributed by atoms with E-state index in [0.29, 0.717) is 29.4 Å². The molecule has 45 heavy (non-hydrogen) atoms. The Morgan fingerprint density at radius 3 is 2.42 bits per heavy atom. The monoisotopic (exact) mass is 646 g/mol. The van der Waals surface area contributed by atoms with E-state index in [1.807, 2.05) is 12.1 Å². The second-order valence-electron chi connectivity index (χ2n) is 11.5. The van der Waals surface area contributed by atoms with Gasteiger partial charge in [-0.2, -0.15) is 30.7 Å². The Balaban J connectivity index is 1.31. The Labute approximate surface area is 261 Å². The third kappa shape index (κ3) is 7.27. The van der Waals surface area contributed by atoms with Gasteiger partial charge in [0, 0.05) is 18.5 Å². The van der Waals surface area contributed by atoms with Crippen molar-refractivity contribution in [2.45, 2.75) is 50.0 Å². The van der Waals surface area contributed by atoms with Gasteiger partial charge in [-0.1, -0.05) is 43.3 Å². The number of halogens is 6. The van der Waals surface area contributed by atoms with Crippen molar-refractivity contribution in [3.63, 3.8) is 0 Å². The molecule has 5 rings (SSSR count). The van der Waals surface area contributed by atoms with Gasteiger partial charge in [-0.05, 0) is 84.3 Å². The number of carbonyl (C=O) groups is 2. The highest BCUT2D eigenvalue weighted by atomic mass is 32.1. The highest BCUT2D eigenvalue weighted by Gasteiger charge is 2.43. The third-order valence-electron chi connectivity index (χ3n) is 8.57. The summed E-state index contributed by atoms with van der Waals surface area (Å²) in [7, 11) is 5.19. The molecular weight excluding hydrogens is 617 g/mol. The standard InChI is InChI=1S/C31H29BF6N4O2S/c1-18-17-42(11-9-29(18)8-6-20-4-2-3-5-24(20)29)10-7-23(25-15-26(45-41-25)40-28(32)44)27(43)39-16-19-12-21(30(33,34)35)14-22(13-19)31(36,37)38/h2-6,8,12-15,18,23H,7,9-11,16-17H2,1H3,(H,39,43)(H,40,44)/t18-,23?,29-/m0/s1. The van der Waals surface area contributed by atoms with Crippen LogP contribution >= 0.6 is 11.5 Å². The van der Waals surface area contributed by atoms with Gasteiger partial charge < -0.3 is 15.5 Å². The van der Waals surface area contributed by atoms with Crippen LogP contribution in [0.4, 0.5) is 36.1 Å². The van der Waals surface area contributed by atoms with Gasteiger partial charge in [0.2, 0.25) is 13.8 Å². The summed E-state index contributed by atoms with van der Waals surface area (Å²) >= 11 is 0.902. The van der Waals surface area contributed by atoms with Crippen molar-refractivity contribution in [1.82, 2.24) is 14.6 Å². The molecule has 236 valence electrons. The number of alkyl halides is 6. The molecule has 1 aliphatic heterocycles. The number of fused-ring (bicyclic) bond motifs is 2. The molecule has 2 heterocycles. The molecule has 0 bridgehead atoms. The number of likely N-dealkylation sites (tertiary alicyclic amines) is 1. The maximum atomic E-state index is 13.5. The molecule has 2 aromatic carbocycles. The summed E-state index contributed by atoms with van der Waals surface area (Å²) in [6, 6.07) is 11.0. The Kier molecular flexibility index (Phi) is 9.19. The second-order valence-corrected chi connectivity index (χ2v) is 12.3. The molecular formula is C31H29BF6N4O2S. The van der Waals surface area contributed by atoms with Crippen LogP contribution in [0.2, 0.25) is 0 Å². The van der Waals surface area contributed by atoms with Crippen LogP contribution < -0.4 is 10.6 Å². The van der Waals surface area contributed by atoms with Crippen LogP contribution in [0.25, 0.3) is 6.08 Å². The number of carbonyl (C=O) groups excluding carboxylic acids is 2. The van der Waals surface area contributed by atoms with Crippen LogP contribution in [-0.4, -0.2) is 48.5 Å². The minimum atomic E-state index is -5.01. The Morgan fingerprint density at radius 1 is 1.09 bits per heavy atom.